The van der Waals surface area contributed by atoms with Crippen molar-refractivity contribution in [1.82, 2.24) is 9.80 Å². The minimum atomic E-state index is 0.928. The largest absolute Gasteiger partial charge is 0.304 e. The average Bonchev–Trinajstić information content (AvgIpc) is 2.18. The van der Waals surface area contributed by atoms with Gasteiger partial charge < -0.3 is 4.90 Å². The van der Waals surface area contributed by atoms with Crippen LogP contribution in [0.2, 0.25) is 0 Å². The average molecular weight is 210 g/mol. The number of hydrogen-bond acceptors (Lipinski definition) is 2. The maximum Gasteiger partial charge on any atom is 0.0113 e. The third-order valence-corrected chi connectivity index (χ3v) is 4.65. The summed E-state index contributed by atoms with van der Waals surface area (Å²) in [6.45, 7) is 9.89. The molecule has 0 bridgehead atoms. The van der Waals surface area contributed by atoms with Crippen LogP contribution in [0.5, 0.6) is 0 Å². The topological polar surface area (TPSA) is 6.48 Å². The fourth-order valence-corrected chi connectivity index (χ4v) is 2.91. The van der Waals surface area contributed by atoms with Crippen LogP contribution in [0.15, 0.2) is 0 Å². The van der Waals surface area contributed by atoms with E-state index in [0.717, 1.165) is 17.9 Å². The Hall–Kier alpha value is -0.0800. The van der Waals surface area contributed by atoms with E-state index in [2.05, 4.69) is 30.7 Å². The van der Waals surface area contributed by atoms with Crippen LogP contribution in [0.4, 0.5) is 0 Å². The lowest BCUT2D eigenvalue weighted by Crippen LogP contribution is -2.53. The number of piperazine rings is 1. The van der Waals surface area contributed by atoms with Gasteiger partial charge in [-0.1, -0.05) is 20.3 Å². The van der Waals surface area contributed by atoms with Crippen LogP contribution in [0.3, 0.4) is 0 Å². The highest BCUT2D eigenvalue weighted by Gasteiger charge is 2.36. The second-order valence-corrected chi connectivity index (χ2v) is 5.61. The van der Waals surface area contributed by atoms with Crippen molar-refractivity contribution in [2.75, 3.05) is 33.2 Å². The molecule has 1 saturated carbocycles. The first-order valence-corrected chi connectivity index (χ1v) is 6.63. The molecule has 15 heavy (non-hydrogen) atoms. The second kappa shape index (κ2) is 4.84. The standard InChI is InChI=1S/C13H26N2/c1-4-11(2)12-9-13(10-12)15-7-5-14(3)6-8-15/h11-13H,4-10H2,1-3H3. The van der Waals surface area contributed by atoms with Crippen molar-refractivity contribution >= 4 is 0 Å². The number of hydrogen-bond donors (Lipinski definition) is 0. The predicted molar refractivity (Wildman–Crippen MR) is 65.0 cm³/mol. The molecule has 0 aromatic heterocycles. The van der Waals surface area contributed by atoms with E-state index in [1.807, 2.05) is 0 Å². The number of rotatable bonds is 3. The molecule has 2 fully saturated rings. The molecule has 2 aliphatic rings. The van der Waals surface area contributed by atoms with Gasteiger partial charge in [-0.3, -0.25) is 4.90 Å². The van der Waals surface area contributed by atoms with Gasteiger partial charge in [-0.25, -0.2) is 0 Å². The van der Waals surface area contributed by atoms with Gasteiger partial charge in [-0.05, 0) is 31.7 Å². The van der Waals surface area contributed by atoms with Crippen LogP contribution >= 0.6 is 0 Å². The maximum atomic E-state index is 2.72. The molecule has 2 rings (SSSR count). The van der Waals surface area contributed by atoms with Crippen molar-refractivity contribution in [3.05, 3.63) is 0 Å². The smallest absolute Gasteiger partial charge is 0.0113 e. The molecule has 1 unspecified atom stereocenters. The quantitative estimate of drug-likeness (QED) is 0.703. The second-order valence-electron chi connectivity index (χ2n) is 5.61. The Kier molecular flexibility index (Phi) is 3.68. The highest BCUT2D eigenvalue weighted by molar-refractivity contribution is 4.90. The molecule has 88 valence electrons. The van der Waals surface area contributed by atoms with E-state index in [9.17, 15) is 0 Å². The Balaban J connectivity index is 1.70. The van der Waals surface area contributed by atoms with Gasteiger partial charge in [0.25, 0.3) is 0 Å². The third-order valence-electron chi connectivity index (χ3n) is 4.65. The molecular formula is C13H26N2. The zero-order chi connectivity index (χ0) is 10.8. The molecule has 1 aliphatic carbocycles. The summed E-state index contributed by atoms with van der Waals surface area (Å²) >= 11 is 0. The Bertz CT molecular complexity index is 191. The molecule has 1 aliphatic heterocycles. The van der Waals surface area contributed by atoms with Crippen molar-refractivity contribution in [3.8, 4) is 0 Å². The molecule has 1 saturated heterocycles. The summed E-state index contributed by atoms with van der Waals surface area (Å²) in [5, 5.41) is 0. The summed E-state index contributed by atoms with van der Waals surface area (Å²) in [7, 11) is 2.24. The molecule has 0 aromatic carbocycles. The lowest BCUT2D eigenvalue weighted by molar-refractivity contribution is 0.0216. The van der Waals surface area contributed by atoms with Crippen molar-refractivity contribution in [2.45, 2.75) is 39.2 Å². The van der Waals surface area contributed by atoms with Gasteiger partial charge in [0.15, 0.2) is 0 Å². The molecular weight excluding hydrogens is 184 g/mol. The van der Waals surface area contributed by atoms with E-state index in [4.69, 9.17) is 0 Å². The van der Waals surface area contributed by atoms with Gasteiger partial charge in [0.2, 0.25) is 0 Å². The predicted octanol–water partition coefficient (Wildman–Crippen LogP) is 2.06. The van der Waals surface area contributed by atoms with Crippen LogP contribution in [0, 0.1) is 11.8 Å². The van der Waals surface area contributed by atoms with Gasteiger partial charge in [-0.2, -0.15) is 0 Å². The van der Waals surface area contributed by atoms with Crippen molar-refractivity contribution in [3.63, 3.8) is 0 Å². The molecule has 0 spiro atoms. The van der Waals surface area contributed by atoms with Gasteiger partial charge in [-0.15, -0.1) is 0 Å². The van der Waals surface area contributed by atoms with E-state index in [1.165, 1.54) is 45.4 Å². The summed E-state index contributed by atoms with van der Waals surface area (Å²) in [6.07, 6.45) is 4.30. The minimum Gasteiger partial charge on any atom is -0.304 e. The molecule has 0 radical (unpaired) electrons. The first-order valence-electron chi connectivity index (χ1n) is 6.63. The Morgan fingerprint density at radius 2 is 1.73 bits per heavy atom. The van der Waals surface area contributed by atoms with E-state index < -0.39 is 0 Å². The highest BCUT2D eigenvalue weighted by atomic mass is 15.3. The molecule has 1 heterocycles. The first-order chi connectivity index (χ1) is 7.20. The Labute approximate surface area is 94.6 Å². The molecule has 0 aromatic rings. The van der Waals surface area contributed by atoms with Crippen molar-refractivity contribution in [2.24, 2.45) is 11.8 Å². The van der Waals surface area contributed by atoms with Crippen molar-refractivity contribution < 1.29 is 0 Å². The summed E-state index contributed by atoms with van der Waals surface area (Å²) in [4.78, 5) is 5.17. The zero-order valence-electron chi connectivity index (χ0n) is 10.6. The molecule has 1 atom stereocenters. The normalized spacial score (nSPS) is 36.2. The van der Waals surface area contributed by atoms with Gasteiger partial charge in [0, 0.05) is 32.2 Å². The number of nitrogens with zero attached hydrogens (tertiary/aromatic N) is 2. The van der Waals surface area contributed by atoms with Crippen LogP contribution in [0.25, 0.3) is 0 Å². The molecule has 2 nitrogen and oxygen atoms in total. The summed E-state index contributed by atoms with van der Waals surface area (Å²) < 4.78 is 0. The third kappa shape index (κ3) is 2.54. The minimum absolute atomic E-state index is 0.928. The van der Waals surface area contributed by atoms with Crippen LogP contribution < -0.4 is 0 Å². The van der Waals surface area contributed by atoms with E-state index in [1.54, 1.807) is 0 Å². The van der Waals surface area contributed by atoms with Crippen molar-refractivity contribution in [1.29, 1.82) is 0 Å². The SMILES string of the molecule is CCC(C)C1CC(N2CCN(C)CC2)C1. The van der Waals surface area contributed by atoms with Gasteiger partial charge in [0.05, 0.1) is 0 Å². The molecule has 2 heteroatoms. The van der Waals surface area contributed by atoms with Crippen LogP contribution in [0.1, 0.15) is 33.1 Å². The summed E-state index contributed by atoms with van der Waals surface area (Å²) in [5.41, 5.74) is 0. The lowest BCUT2D eigenvalue weighted by atomic mass is 9.71. The van der Waals surface area contributed by atoms with Gasteiger partial charge >= 0.3 is 0 Å². The number of likely N-dealkylation sites (N-methyl/N-ethyl adjacent to an activating group) is 1. The zero-order valence-corrected chi connectivity index (χ0v) is 10.6. The molecule has 0 amide bonds. The Morgan fingerprint density at radius 3 is 2.27 bits per heavy atom. The maximum absolute atomic E-state index is 2.72. The van der Waals surface area contributed by atoms with E-state index in [0.29, 0.717) is 0 Å². The van der Waals surface area contributed by atoms with E-state index in [-0.39, 0.29) is 0 Å². The summed E-state index contributed by atoms with van der Waals surface area (Å²) in [5.74, 6) is 1.98. The summed E-state index contributed by atoms with van der Waals surface area (Å²) in [6, 6.07) is 0.928. The fraction of sp³-hybridized carbons (Fsp3) is 1.00. The highest BCUT2D eigenvalue weighted by Crippen LogP contribution is 2.38. The Morgan fingerprint density at radius 1 is 1.13 bits per heavy atom. The van der Waals surface area contributed by atoms with E-state index >= 15 is 0 Å². The molecule has 0 N–H and O–H groups in total. The monoisotopic (exact) mass is 210 g/mol. The lowest BCUT2D eigenvalue weighted by Gasteiger charge is -2.47. The van der Waals surface area contributed by atoms with Gasteiger partial charge in [0.1, 0.15) is 0 Å². The van der Waals surface area contributed by atoms with Crippen LogP contribution in [-0.2, 0) is 0 Å². The van der Waals surface area contributed by atoms with Crippen LogP contribution in [-0.4, -0.2) is 49.1 Å². The first kappa shape index (κ1) is 11.4. The fourth-order valence-electron chi connectivity index (χ4n) is 2.91.